The number of H-pyrrole nitrogens is 1. The van der Waals surface area contributed by atoms with E-state index in [4.69, 9.17) is 9.47 Å². The normalized spacial score (nSPS) is 16.6. The average Bonchev–Trinajstić information content (AvgIpc) is 3.47. The maximum absolute atomic E-state index is 12.5. The van der Waals surface area contributed by atoms with Gasteiger partial charge < -0.3 is 14.4 Å². The summed E-state index contributed by atoms with van der Waals surface area (Å²) < 4.78 is 35.9. The van der Waals surface area contributed by atoms with Gasteiger partial charge in [0.15, 0.2) is 12.4 Å². The fourth-order valence-electron chi connectivity index (χ4n) is 4.09. The number of rotatable bonds is 10. The minimum Gasteiger partial charge on any atom is -0.489 e. The van der Waals surface area contributed by atoms with Gasteiger partial charge in [-0.15, -0.1) is 0 Å². The van der Waals surface area contributed by atoms with Crippen molar-refractivity contribution in [2.45, 2.75) is 45.1 Å². The summed E-state index contributed by atoms with van der Waals surface area (Å²) in [4.78, 5) is 18.6. The molecule has 7 nitrogen and oxygen atoms in total. The Hall–Kier alpha value is -3.49. The van der Waals surface area contributed by atoms with Crippen LogP contribution in [0.2, 0.25) is 0 Å². The topological polar surface area (TPSA) is 80.3 Å². The van der Waals surface area contributed by atoms with Gasteiger partial charge in [-0.3, -0.25) is 9.89 Å². The molecule has 34 heavy (non-hydrogen) atoms. The molecule has 1 unspecified atom stereocenters. The van der Waals surface area contributed by atoms with E-state index in [0.717, 1.165) is 35.7 Å². The molecule has 1 aromatic carbocycles. The van der Waals surface area contributed by atoms with Crippen LogP contribution < -0.4 is 14.4 Å². The molecule has 3 heterocycles. The second-order valence-corrected chi connectivity index (χ2v) is 8.53. The summed E-state index contributed by atoms with van der Waals surface area (Å²) >= 11 is 0. The van der Waals surface area contributed by atoms with Crippen LogP contribution in [0, 0.1) is 6.92 Å². The van der Waals surface area contributed by atoms with Gasteiger partial charge in [-0.05, 0) is 36.6 Å². The molecule has 3 aromatic rings. The molecule has 1 fully saturated rings. The molecular formula is C25H28F2N4O3. The molecule has 0 saturated carbocycles. The highest BCUT2D eigenvalue weighted by molar-refractivity contribution is 5.97. The second-order valence-electron chi connectivity index (χ2n) is 8.53. The number of pyridine rings is 1. The monoisotopic (exact) mass is 470 g/mol. The lowest BCUT2D eigenvalue weighted by Crippen LogP contribution is -2.24. The molecule has 1 saturated heterocycles. The van der Waals surface area contributed by atoms with Crippen LogP contribution >= 0.6 is 0 Å². The number of ether oxygens (including phenoxy) is 2. The van der Waals surface area contributed by atoms with Gasteiger partial charge >= 0.3 is 0 Å². The highest BCUT2D eigenvalue weighted by Gasteiger charge is 2.25. The maximum Gasteiger partial charge on any atom is 0.272 e. The number of benzene rings is 1. The van der Waals surface area contributed by atoms with Crippen LogP contribution in [0.1, 0.15) is 47.3 Å². The molecule has 0 spiro atoms. The predicted octanol–water partition coefficient (Wildman–Crippen LogP) is 4.79. The zero-order valence-electron chi connectivity index (χ0n) is 19.2. The number of carbonyl (C=O) groups excluding carboxylic acids is 1. The Morgan fingerprint density at radius 2 is 2.06 bits per heavy atom. The molecular weight excluding hydrogens is 442 g/mol. The lowest BCUT2D eigenvalue weighted by Gasteiger charge is -2.20. The number of nitrogens with one attached hydrogen (secondary N) is 1. The molecule has 0 bridgehead atoms. The van der Waals surface area contributed by atoms with Crippen LogP contribution in [0.4, 0.5) is 14.5 Å². The van der Waals surface area contributed by atoms with Crippen molar-refractivity contribution in [2.75, 3.05) is 24.6 Å². The molecule has 1 N–H and O–H groups in total. The standard InChI is InChI=1S/C25H28F2N4O3/c1-16(11-23(32)22-13-29-30-17(22)2)18-3-5-20(6-4-18)34-21-8-10-31(14-21)19-7-9-28-25(12-19)33-15-24(26)27/h3-7,9,12-13,16,21,24H,8,10-11,14-15H2,1-2H3,(H,29,30)/t16-,21?/m1/s1. The molecule has 4 rings (SSSR count). The van der Waals surface area contributed by atoms with Crippen molar-refractivity contribution < 1.29 is 23.0 Å². The molecule has 2 aromatic heterocycles. The third-order valence-electron chi connectivity index (χ3n) is 5.96. The largest absolute Gasteiger partial charge is 0.489 e. The SMILES string of the molecule is Cc1[nH]ncc1C(=O)C[C@@H](C)c1ccc(OC2CCN(c3ccnc(OCC(F)F)c3)C2)cc1. The number of alkyl halides is 2. The van der Waals surface area contributed by atoms with Crippen LogP contribution in [-0.2, 0) is 0 Å². The quantitative estimate of drug-likeness (QED) is 0.429. The number of Topliss-reactive ketones (excluding diaryl/α,β-unsaturated/α-hetero) is 1. The third kappa shape index (κ3) is 5.89. The van der Waals surface area contributed by atoms with E-state index in [2.05, 4.69) is 20.1 Å². The van der Waals surface area contributed by atoms with Gasteiger partial charge in [0.1, 0.15) is 11.9 Å². The first kappa shape index (κ1) is 23.7. The average molecular weight is 471 g/mol. The molecule has 2 atom stereocenters. The zero-order chi connectivity index (χ0) is 24.1. The zero-order valence-corrected chi connectivity index (χ0v) is 19.2. The smallest absolute Gasteiger partial charge is 0.272 e. The lowest BCUT2D eigenvalue weighted by molar-refractivity contribution is 0.0796. The summed E-state index contributed by atoms with van der Waals surface area (Å²) in [6, 6.07) is 11.4. The van der Waals surface area contributed by atoms with Crippen LogP contribution in [-0.4, -0.2) is 53.2 Å². The highest BCUT2D eigenvalue weighted by atomic mass is 19.3. The Morgan fingerprint density at radius 1 is 1.26 bits per heavy atom. The van der Waals surface area contributed by atoms with Crippen molar-refractivity contribution in [3.8, 4) is 11.6 Å². The Labute approximate surface area is 197 Å². The Bertz CT molecular complexity index is 1100. The van der Waals surface area contributed by atoms with Crippen molar-refractivity contribution >= 4 is 11.5 Å². The van der Waals surface area contributed by atoms with Crippen molar-refractivity contribution in [1.29, 1.82) is 0 Å². The van der Waals surface area contributed by atoms with Crippen molar-refractivity contribution in [3.63, 3.8) is 0 Å². The second kappa shape index (κ2) is 10.6. The summed E-state index contributed by atoms with van der Waals surface area (Å²) in [6.45, 7) is 4.67. The fraction of sp³-hybridized carbons (Fsp3) is 0.400. The van der Waals surface area contributed by atoms with E-state index < -0.39 is 13.0 Å². The van der Waals surface area contributed by atoms with Crippen LogP contribution in [0.15, 0.2) is 48.8 Å². The maximum atomic E-state index is 12.5. The van der Waals surface area contributed by atoms with E-state index in [9.17, 15) is 13.6 Å². The third-order valence-corrected chi connectivity index (χ3v) is 5.96. The lowest BCUT2D eigenvalue weighted by atomic mass is 9.93. The highest BCUT2D eigenvalue weighted by Crippen LogP contribution is 2.28. The van der Waals surface area contributed by atoms with E-state index in [1.165, 1.54) is 0 Å². The molecule has 0 aliphatic carbocycles. The van der Waals surface area contributed by atoms with E-state index in [1.54, 1.807) is 18.5 Å². The Kier molecular flexibility index (Phi) is 7.40. The predicted molar refractivity (Wildman–Crippen MR) is 124 cm³/mol. The number of ketones is 1. The number of anilines is 1. The summed E-state index contributed by atoms with van der Waals surface area (Å²) in [5.41, 5.74) is 3.37. The van der Waals surface area contributed by atoms with Gasteiger partial charge in [0.2, 0.25) is 5.88 Å². The number of carbonyl (C=O) groups is 1. The van der Waals surface area contributed by atoms with E-state index in [1.807, 2.05) is 44.2 Å². The van der Waals surface area contributed by atoms with Crippen molar-refractivity contribution in [1.82, 2.24) is 15.2 Å². The molecule has 1 aliphatic heterocycles. The first-order valence-electron chi connectivity index (χ1n) is 11.3. The van der Waals surface area contributed by atoms with Gasteiger partial charge in [0.25, 0.3) is 6.43 Å². The van der Waals surface area contributed by atoms with Gasteiger partial charge in [-0.25, -0.2) is 13.8 Å². The number of hydrogen-bond donors (Lipinski definition) is 1. The van der Waals surface area contributed by atoms with Crippen LogP contribution in [0.5, 0.6) is 11.6 Å². The molecule has 1 aliphatic rings. The van der Waals surface area contributed by atoms with Crippen LogP contribution in [0.25, 0.3) is 0 Å². The molecule has 180 valence electrons. The molecule has 0 amide bonds. The number of halogens is 2. The molecule has 0 radical (unpaired) electrons. The minimum atomic E-state index is -2.54. The summed E-state index contributed by atoms with van der Waals surface area (Å²) in [5.74, 6) is 1.11. The van der Waals surface area contributed by atoms with E-state index >= 15 is 0 Å². The van der Waals surface area contributed by atoms with E-state index in [0.29, 0.717) is 18.5 Å². The van der Waals surface area contributed by atoms with Gasteiger partial charge in [0, 0.05) is 43.0 Å². The van der Waals surface area contributed by atoms with E-state index in [-0.39, 0.29) is 23.7 Å². The van der Waals surface area contributed by atoms with Crippen molar-refractivity contribution in [3.05, 3.63) is 65.6 Å². The van der Waals surface area contributed by atoms with Gasteiger partial charge in [0.05, 0.1) is 18.3 Å². The van der Waals surface area contributed by atoms with Crippen molar-refractivity contribution in [2.24, 2.45) is 0 Å². The summed E-state index contributed by atoms with van der Waals surface area (Å²) in [6.07, 6.45) is 1.86. The Balaban J connectivity index is 1.30. The summed E-state index contributed by atoms with van der Waals surface area (Å²) in [5, 5.41) is 6.73. The number of aryl methyl sites for hydroxylation is 1. The number of hydrogen-bond acceptors (Lipinski definition) is 6. The first-order chi connectivity index (χ1) is 16.4. The van der Waals surface area contributed by atoms with Gasteiger partial charge in [-0.1, -0.05) is 19.1 Å². The van der Waals surface area contributed by atoms with Crippen LogP contribution in [0.3, 0.4) is 0 Å². The first-order valence-corrected chi connectivity index (χ1v) is 11.3. The number of aromatic nitrogens is 3. The minimum absolute atomic E-state index is 0.00696. The summed E-state index contributed by atoms with van der Waals surface area (Å²) in [7, 11) is 0. The number of aromatic amines is 1. The Morgan fingerprint density at radius 3 is 2.76 bits per heavy atom. The fourth-order valence-corrected chi connectivity index (χ4v) is 4.09. The van der Waals surface area contributed by atoms with Gasteiger partial charge in [-0.2, -0.15) is 5.10 Å². The molecule has 9 heteroatoms. The number of nitrogens with zero attached hydrogens (tertiary/aromatic N) is 3.